The molecule has 0 unspecified atom stereocenters. The van der Waals surface area contributed by atoms with E-state index in [0.29, 0.717) is 87.2 Å². The molecule has 12 amide bonds. The quantitative estimate of drug-likeness (QED) is 0.0276. The first kappa shape index (κ1) is 112. The third-order valence-electron chi connectivity index (χ3n) is 20.3. The molecule has 4 aromatic rings. The zero-order valence-corrected chi connectivity index (χ0v) is 77.7. The predicted octanol–water partition coefficient (Wildman–Crippen LogP) is 4.23. The summed E-state index contributed by atoms with van der Waals surface area (Å²) in [6.07, 6.45) is -0.319. The number of carbonyl (C=O) groups is 16. The first-order chi connectivity index (χ1) is 61.2. The van der Waals surface area contributed by atoms with Gasteiger partial charge in [-0.1, -0.05) is 117 Å². The molecule has 0 radical (unpaired) electrons. The Morgan fingerprint density at radius 2 is 0.450 bits per heavy atom. The van der Waals surface area contributed by atoms with Gasteiger partial charge < -0.3 is 108 Å². The number of aliphatic carboxylic acids is 4. The maximum atomic E-state index is 15.4. The Morgan fingerprint density at radius 3 is 0.651 bits per heavy atom. The number of rotatable bonds is 64. The summed E-state index contributed by atoms with van der Waals surface area (Å²) in [6, 6.07) is 19.4. The summed E-state index contributed by atoms with van der Waals surface area (Å²) < 4.78 is 0. The minimum Gasteiger partial charge on any atom is -0.481 e. The number of nitrogens with one attached hydrogen (secondary N) is 1. The van der Waals surface area contributed by atoms with E-state index < -0.39 is 219 Å². The summed E-state index contributed by atoms with van der Waals surface area (Å²) in [4.78, 5) is 232. The topological polar surface area (TPSA) is 532 Å². The van der Waals surface area contributed by atoms with Crippen molar-refractivity contribution >= 4 is 188 Å². The Bertz CT molecular complexity index is 4470. The second-order valence-electron chi connectivity index (χ2n) is 30.1. The van der Waals surface area contributed by atoms with Crippen LogP contribution >= 0.6 is 92.8 Å². The van der Waals surface area contributed by atoms with Crippen LogP contribution in [0.5, 0.6) is 0 Å². The number of carboxylic acids is 4. The molecular formula is C84H115Cl8N17O20. The Labute approximate surface area is 788 Å². The number of hydrogen-bond acceptors (Lipinski definition) is 21. The van der Waals surface area contributed by atoms with E-state index in [0.717, 1.165) is 20.3 Å². The maximum absolute atomic E-state index is 15.4. The monoisotopic (exact) mass is 1960 g/mol. The first-order valence-electron chi connectivity index (χ1n) is 41.7. The molecule has 0 aliphatic rings. The summed E-state index contributed by atoms with van der Waals surface area (Å²) >= 11 is 51.5. The zero-order valence-electron chi connectivity index (χ0n) is 71.7. The van der Waals surface area contributed by atoms with Gasteiger partial charge >= 0.3 is 23.9 Å². The standard InChI is InChI=1S/C84H115Cl8N17O20/c85-61-13-9-57(65(89)41-61)17-29-98-45-70(111)104(34-18-58-10-14-62(86)42-66(58)90)51-77(118)106(36-20-60-12-16-64(88)44-68(60)92)54-78(119)105(35-19-59-11-15-63(87)43-67(59)91)52-74(115)101(32-7-3-27-95)49-72(113)99(30-5-1-25-93)47-71(112)100(31-6-2-26-94)48-73(114)102(33-8-4-28-96)50-76(117)108(39-23-83(126)127)55-80(121)109(40-24-84(128)129)56-79(120)107(38-22-82(124)125)53-75(116)103(46-69(97)110)37-21-81(122)123/h9-16,41-44,98H,1-8,17-40,45-56,93-96H2,(H2,97,110)(H,122,123)(H,124,125)(H,126,127)(H,128,129). The second-order valence-corrected chi connectivity index (χ2v) is 33.5. The molecule has 45 heteroatoms. The summed E-state index contributed by atoms with van der Waals surface area (Å²) in [6.45, 7) is -12.1. The predicted molar refractivity (Wildman–Crippen MR) is 487 cm³/mol. The van der Waals surface area contributed by atoms with Crippen LogP contribution in [0.2, 0.25) is 40.2 Å². The number of nitrogens with zero attached hydrogens (tertiary/aromatic N) is 11. The Kier molecular flexibility index (Phi) is 52.4. The Morgan fingerprint density at radius 1 is 0.256 bits per heavy atom. The van der Waals surface area contributed by atoms with Gasteiger partial charge in [-0.2, -0.15) is 0 Å². The third-order valence-corrected chi connectivity index (χ3v) is 22.6. The van der Waals surface area contributed by atoms with E-state index in [4.69, 9.17) is 121 Å². The molecule has 15 N–H and O–H groups in total. The zero-order chi connectivity index (χ0) is 95.8. The lowest BCUT2D eigenvalue weighted by Gasteiger charge is -2.33. The molecule has 712 valence electrons. The van der Waals surface area contributed by atoms with E-state index in [2.05, 4.69) is 5.32 Å². The van der Waals surface area contributed by atoms with Gasteiger partial charge in [0.15, 0.2) is 0 Å². The van der Waals surface area contributed by atoms with Gasteiger partial charge in [-0.15, -0.1) is 0 Å². The summed E-state index contributed by atoms with van der Waals surface area (Å²) in [5.41, 5.74) is 31.4. The minimum absolute atomic E-state index is 0.0255. The van der Waals surface area contributed by atoms with Gasteiger partial charge in [-0.25, -0.2) is 0 Å². The van der Waals surface area contributed by atoms with E-state index in [1.165, 1.54) is 36.6 Å². The van der Waals surface area contributed by atoms with Crippen molar-refractivity contribution in [2.24, 2.45) is 28.7 Å². The van der Waals surface area contributed by atoms with E-state index in [1.807, 2.05) is 0 Å². The number of carboxylic acid groups (broad SMARTS) is 4. The van der Waals surface area contributed by atoms with Crippen LogP contribution in [-0.2, 0) is 102 Å². The van der Waals surface area contributed by atoms with Crippen LogP contribution in [-0.4, -0.2) is 352 Å². The van der Waals surface area contributed by atoms with Crippen LogP contribution in [0.1, 0.15) is 99.3 Å². The van der Waals surface area contributed by atoms with Crippen LogP contribution in [0.4, 0.5) is 0 Å². The largest absolute Gasteiger partial charge is 0.481 e. The highest BCUT2D eigenvalue weighted by Gasteiger charge is 2.35. The molecule has 0 saturated carbocycles. The van der Waals surface area contributed by atoms with E-state index >= 15 is 24.0 Å². The molecule has 0 bridgehead atoms. The summed E-state index contributed by atoms with van der Waals surface area (Å²) in [5.74, 6) is -16.5. The van der Waals surface area contributed by atoms with E-state index in [9.17, 15) is 73.2 Å². The normalized spacial score (nSPS) is 11.0. The van der Waals surface area contributed by atoms with Crippen molar-refractivity contribution < 1.29 is 97.1 Å². The number of halogens is 8. The van der Waals surface area contributed by atoms with Crippen LogP contribution in [0.25, 0.3) is 0 Å². The molecule has 0 heterocycles. The smallest absolute Gasteiger partial charge is 0.305 e. The fourth-order valence-electron chi connectivity index (χ4n) is 12.9. The van der Waals surface area contributed by atoms with Crippen LogP contribution in [0.3, 0.4) is 0 Å². The number of benzene rings is 4. The van der Waals surface area contributed by atoms with Gasteiger partial charge in [0.05, 0.1) is 104 Å². The lowest BCUT2D eigenvalue weighted by Crippen LogP contribution is -2.53. The molecule has 4 aromatic carbocycles. The molecule has 0 spiro atoms. The average Bonchev–Trinajstić information content (AvgIpc) is 0.840. The third kappa shape index (κ3) is 43.4. The molecule has 4 rings (SSSR count). The number of unbranched alkanes of at least 4 members (excludes halogenated alkanes) is 4. The van der Waals surface area contributed by atoms with Crippen molar-refractivity contribution in [3.63, 3.8) is 0 Å². The van der Waals surface area contributed by atoms with Crippen molar-refractivity contribution in [1.82, 2.24) is 59.2 Å². The van der Waals surface area contributed by atoms with Gasteiger partial charge in [0.25, 0.3) is 0 Å². The highest BCUT2D eigenvalue weighted by molar-refractivity contribution is 6.37. The summed E-state index contributed by atoms with van der Waals surface area (Å²) in [5, 5.41) is 44.2. The lowest BCUT2D eigenvalue weighted by molar-refractivity contribution is -0.150. The molecule has 0 aliphatic carbocycles. The molecule has 0 aromatic heterocycles. The highest BCUT2D eigenvalue weighted by Crippen LogP contribution is 2.27. The number of primary amides is 1. The number of amides is 12. The highest BCUT2D eigenvalue weighted by atomic mass is 35.5. The van der Waals surface area contributed by atoms with Crippen LogP contribution in [0.15, 0.2) is 72.8 Å². The van der Waals surface area contributed by atoms with Crippen molar-refractivity contribution in [1.29, 1.82) is 0 Å². The SMILES string of the molecule is NCCCCN(CC(=O)N(CCCCN)CC(=O)N(CCCCN)CC(=O)N(CCCCN)CC(=O)N(CCC(=O)O)CC(=O)N(CCC(=O)O)CC(=O)N(CCC(=O)O)CC(=O)N(CCC(=O)O)CC(N)=O)C(=O)CN(CCc1ccc(Cl)cc1Cl)C(=O)CN(CCc1ccc(Cl)cc1Cl)C(=O)CN(CCc1ccc(Cl)cc1Cl)C(=O)CNCCc1ccc(Cl)cc1Cl. The van der Waals surface area contributed by atoms with Gasteiger partial charge in [-0.05, 0) is 181 Å². The number of nitrogens with two attached hydrogens (primary N) is 5. The Hall–Kier alpha value is -9.48. The van der Waals surface area contributed by atoms with Crippen molar-refractivity contribution in [2.45, 2.75) is 103 Å². The summed E-state index contributed by atoms with van der Waals surface area (Å²) in [7, 11) is 0. The van der Waals surface area contributed by atoms with Crippen molar-refractivity contribution in [3.05, 3.63) is 135 Å². The minimum atomic E-state index is -1.49. The Balaban J connectivity index is 1.74. The maximum Gasteiger partial charge on any atom is 0.305 e. The molecule has 0 atom stereocenters. The van der Waals surface area contributed by atoms with Crippen LogP contribution < -0.4 is 34.0 Å². The molecular weight excluding hydrogens is 1850 g/mol. The average molecular weight is 1970 g/mol. The van der Waals surface area contributed by atoms with E-state index in [-0.39, 0.29) is 146 Å². The van der Waals surface area contributed by atoms with Gasteiger partial charge in [0.1, 0.15) is 0 Å². The van der Waals surface area contributed by atoms with Crippen molar-refractivity contribution in [3.8, 4) is 0 Å². The number of carbonyl (C=O) groups excluding carboxylic acids is 12. The van der Waals surface area contributed by atoms with Gasteiger partial charge in [-0.3, -0.25) is 76.7 Å². The van der Waals surface area contributed by atoms with Crippen molar-refractivity contribution in [2.75, 3.05) is 183 Å². The van der Waals surface area contributed by atoms with Gasteiger partial charge in [0.2, 0.25) is 70.9 Å². The van der Waals surface area contributed by atoms with Crippen LogP contribution in [0, 0.1) is 0 Å². The van der Waals surface area contributed by atoms with E-state index in [1.54, 1.807) is 60.7 Å². The van der Waals surface area contributed by atoms with Gasteiger partial charge in [0, 0.05) is 112 Å². The molecule has 0 saturated heterocycles. The molecule has 0 aliphatic heterocycles. The molecule has 37 nitrogen and oxygen atoms in total. The molecule has 0 fully saturated rings. The number of hydrogen-bond donors (Lipinski definition) is 10. The lowest BCUT2D eigenvalue weighted by atomic mass is 10.1. The fourth-order valence-corrected chi connectivity index (χ4v) is 14.9. The fraction of sp³-hybridized carbons (Fsp3) is 0.524. The molecule has 129 heavy (non-hydrogen) atoms. The second kappa shape index (κ2) is 60.5. The first-order valence-corrected chi connectivity index (χ1v) is 44.8.